The normalized spacial score (nSPS) is 13.8. The van der Waals surface area contributed by atoms with Crippen LogP contribution in [0.4, 0.5) is 0 Å². The summed E-state index contributed by atoms with van der Waals surface area (Å²) in [7, 11) is -2.29. The van der Waals surface area contributed by atoms with Gasteiger partial charge in [0, 0.05) is 19.1 Å². The highest BCUT2D eigenvalue weighted by Gasteiger charge is 2.31. The van der Waals surface area contributed by atoms with Crippen molar-refractivity contribution >= 4 is 16.2 Å². The Kier molecular flexibility index (Phi) is 5.98. The van der Waals surface area contributed by atoms with Gasteiger partial charge in [0.15, 0.2) is 0 Å². The molecule has 7 heteroatoms. The first-order valence-electron chi connectivity index (χ1n) is 6.22. The van der Waals surface area contributed by atoms with Crippen LogP contribution < -0.4 is 4.72 Å². The van der Waals surface area contributed by atoms with Crippen LogP contribution in [0.1, 0.15) is 47.5 Å². The summed E-state index contributed by atoms with van der Waals surface area (Å²) in [6.45, 7) is 9.71. The van der Waals surface area contributed by atoms with E-state index in [2.05, 4.69) is 4.72 Å². The van der Waals surface area contributed by atoms with Crippen LogP contribution in [0.15, 0.2) is 0 Å². The van der Waals surface area contributed by atoms with Crippen LogP contribution >= 0.6 is 0 Å². The van der Waals surface area contributed by atoms with Crippen molar-refractivity contribution in [1.29, 1.82) is 0 Å². The third kappa shape index (κ3) is 8.18. The van der Waals surface area contributed by atoms with E-state index in [4.69, 9.17) is 5.11 Å². The maximum absolute atomic E-state index is 12.1. The summed E-state index contributed by atoms with van der Waals surface area (Å²) < 4.78 is 27.8. The molecule has 6 nitrogen and oxygen atoms in total. The molecule has 0 aliphatic heterocycles. The predicted octanol–water partition coefficient (Wildman–Crippen LogP) is 1.44. The molecule has 0 radical (unpaired) electrons. The van der Waals surface area contributed by atoms with E-state index >= 15 is 0 Å². The van der Waals surface area contributed by atoms with Gasteiger partial charge in [-0.1, -0.05) is 20.8 Å². The van der Waals surface area contributed by atoms with Crippen LogP contribution in [0.25, 0.3) is 0 Å². The smallest absolute Gasteiger partial charge is 0.304 e. The van der Waals surface area contributed by atoms with Crippen molar-refractivity contribution in [3.63, 3.8) is 0 Å². The van der Waals surface area contributed by atoms with Gasteiger partial charge in [-0.2, -0.15) is 17.4 Å². The fraction of sp³-hybridized carbons (Fsp3) is 0.917. The van der Waals surface area contributed by atoms with Crippen molar-refractivity contribution in [2.24, 2.45) is 5.41 Å². The van der Waals surface area contributed by atoms with E-state index < -0.39 is 21.7 Å². The van der Waals surface area contributed by atoms with Crippen molar-refractivity contribution in [2.45, 2.75) is 53.0 Å². The minimum atomic E-state index is -3.67. The van der Waals surface area contributed by atoms with E-state index in [9.17, 15) is 13.2 Å². The lowest BCUT2D eigenvalue weighted by atomic mass is 9.82. The molecule has 0 fully saturated rings. The van der Waals surface area contributed by atoms with Crippen molar-refractivity contribution < 1.29 is 18.3 Å². The number of rotatable bonds is 7. The van der Waals surface area contributed by atoms with E-state index in [-0.39, 0.29) is 18.4 Å². The summed E-state index contributed by atoms with van der Waals surface area (Å²) in [6, 6.07) is 0. The Morgan fingerprint density at radius 1 is 1.21 bits per heavy atom. The average molecular weight is 294 g/mol. The first-order valence-corrected chi connectivity index (χ1v) is 7.66. The molecule has 0 aliphatic carbocycles. The van der Waals surface area contributed by atoms with Crippen LogP contribution in [0.3, 0.4) is 0 Å². The second-order valence-corrected chi connectivity index (χ2v) is 8.47. The van der Waals surface area contributed by atoms with Crippen molar-refractivity contribution in [3.05, 3.63) is 0 Å². The highest BCUT2D eigenvalue weighted by atomic mass is 32.2. The molecule has 0 heterocycles. The van der Waals surface area contributed by atoms with E-state index in [1.165, 1.54) is 7.05 Å². The first-order chi connectivity index (χ1) is 8.25. The topological polar surface area (TPSA) is 86.7 Å². The maximum Gasteiger partial charge on any atom is 0.304 e. The number of hydrogen-bond donors (Lipinski definition) is 2. The summed E-state index contributed by atoms with van der Waals surface area (Å²) in [4.78, 5) is 10.5. The molecule has 0 aromatic heterocycles. The summed E-state index contributed by atoms with van der Waals surface area (Å²) in [5.41, 5.74) is -0.597. The van der Waals surface area contributed by atoms with Crippen molar-refractivity contribution in [3.8, 4) is 0 Å². The molecule has 19 heavy (non-hydrogen) atoms. The van der Waals surface area contributed by atoms with Gasteiger partial charge < -0.3 is 5.11 Å². The zero-order valence-electron chi connectivity index (χ0n) is 12.6. The van der Waals surface area contributed by atoms with Crippen molar-refractivity contribution in [2.75, 3.05) is 13.6 Å². The number of carbonyl (C=O) groups is 1. The van der Waals surface area contributed by atoms with Crippen LogP contribution in [0, 0.1) is 5.41 Å². The molecule has 0 saturated heterocycles. The van der Waals surface area contributed by atoms with Gasteiger partial charge in [0.1, 0.15) is 0 Å². The molecule has 114 valence electrons. The largest absolute Gasteiger partial charge is 0.481 e. The highest BCUT2D eigenvalue weighted by molar-refractivity contribution is 7.87. The molecule has 0 spiro atoms. The molecule has 0 unspecified atom stereocenters. The molecular weight excluding hydrogens is 268 g/mol. The fourth-order valence-electron chi connectivity index (χ4n) is 2.16. The molecule has 0 atom stereocenters. The van der Waals surface area contributed by atoms with Crippen molar-refractivity contribution in [1.82, 2.24) is 9.03 Å². The average Bonchev–Trinajstić information content (AvgIpc) is 2.07. The van der Waals surface area contributed by atoms with Gasteiger partial charge in [0.25, 0.3) is 10.2 Å². The van der Waals surface area contributed by atoms with E-state index in [1.807, 2.05) is 34.6 Å². The molecule has 0 bridgehead atoms. The van der Waals surface area contributed by atoms with Gasteiger partial charge in [-0.05, 0) is 25.7 Å². The molecule has 0 amide bonds. The number of carboxylic acid groups (broad SMARTS) is 1. The molecule has 0 saturated carbocycles. The summed E-state index contributed by atoms with van der Waals surface area (Å²) in [5, 5.41) is 8.57. The Bertz CT molecular complexity index is 410. The zero-order chi connectivity index (χ0) is 15.5. The highest BCUT2D eigenvalue weighted by Crippen LogP contribution is 2.27. The summed E-state index contributed by atoms with van der Waals surface area (Å²) in [6.07, 6.45) is 0.461. The summed E-state index contributed by atoms with van der Waals surface area (Å²) >= 11 is 0. The number of nitrogens with zero attached hydrogens (tertiary/aromatic N) is 1. The zero-order valence-corrected chi connectivity index (χ0v) is 13.5. The Morgan fingerprint density at radius 2 is 1.68 bits per heavy atom. The molecule has 0 rings (SSSR count). The fourth-order valence-corrected chi connectivity index (χ4v) is 3.42. The van der Waals surface area contributed by atoms with Crippen LogP contribution in [-0.2, 0) is 15.0 Å². The Hall–Kier alpha value is -0.660. The van der Waals surface area contributed by atoms with Crippen LogP contribution in [0.2, 0.25) is 0 Å². The molecular formula is C12H26N2O4S. The first kappa shape index (κ1) is 18.3. The van der Waals surface area contributed by atoms with Gasteiger partial charge in [0.05, 0.1) is 6.42 Å². The third-order valence-corrected chi connectivity index (χ3v) is 4.24. The van der Waals surface area contributed by atoms with Crippen LogP contribution in [0.5, 0.6) is 0 Å². The standard InChI is InChI=1S/C12H26N2O4S/c1-11(2,3)9-12(4,5)13-19(17,18)14(6)8-7-10(15)16/h13H,7-9H2,1-6H3,(H,15,16). The van der Waals surface area contributed by atoms with Crippen LogP contribution in [-0.4, -0.2) is 42.9 Å². The second kappa shape index (κ2) is 6.19. The monoisotopic (exact) mass is 294 g/mol. The molecule has 2 N–H and O–H groups in total. The number of nitrogens with one attached hydrogen (secondary N) is 1. The molecule has 0 aliphatic rings. The SMILES string of the molecule is CN(CCC(=O)O)S(=O)(=O)NC(C)(C)CC(C)(C)C. The van der Waals surface area contributed by atoms with Gasteiger partial charge in [-0.15, -0.1) is 0 Å². The van der Waals surface area contributed by atoms with Gasteiger partial charge >= 0.3 is 5.97 Å². The Labute approximate surface area is 116 Å². The Morgan fingerprint density at radius 3 is 2.05 bits per heavy atom. The van der Waals surface area contributed by atoms with Gasteiger partial charge in [-0.3, -0.25) is 4.79 Å². The third-order valence-electron chi connectivity index (χ3n) is 2.43. The predicted molar refractivity (Wildman–Crippen MR) is 75.1 cm³/mol. The maximum atomic E-state index is 12.1. The lowest BCUT2D eigenvalue weighted by Crippen LogP contribution is -2.51. The Balaban J connectivity index is 4.71. The summed E-state index contributed by atoms with van der Waals surface area (Å²) in [5.74, 6) is -1.02. The number of aliphatic carboxylic acids is 1. The number of carboxylic acids is 1. The molecule has 0 aromatic carbocycles. The second-order valence-electron chi connectivity index (χ2n) is 6.69. The van der Waals surface area contributed by atoms with Gasteiger partial charge in [-0.25, -0.2) is 0 Å². The minimum absolute atomic E-state index is 0.00828. The van der Waals surface area contributed by atoms with E-state index in [1.54, 1.807) is 0 Å². The van der Waals surface area contributed by atoms with E-state index in [0.29, 0.717) is 6.42 Å². The minimum Gasteiger partial charge on any atom is -0.481 e. The lowest BCUT2D eigenvalue weighted by molar-refractivity contribution is -0.137. The van der Waals surface area contributed by atoms with Gasteiger partial charge in [0.2, 0.25) is 0 Å². The number of hydrogen-bond acceptors (Lipinski definition) is 3. The van der Waals surface area contributed by atoms with E-state index in [0.717, 1.165) is 4.31 Å². The molecule has 0 aromatic rings. The quantitative estimate of drug-likeness (QED) is 0.744. The lowest BCUT2D eigenvalue weighted by Gasteiger charge is -2.34.